The van der Waals surface area contributed by atoms with E-state index in [9.17, 15) is 0 Å². The summed E-state index contributed by atoms with van der Waals surface area (Å²) in [6.45, 7) is 3.37. The van der Waals surface area contributed by atoms with Crippen LogP contribution >= 0.6 is 0 Å². The Hall–Kier alpha value is -1.60. The molecule has 0 spiro atoms. The standard InChI is InChI=1S/C15H20N4/c16-9-14-3-4-15(11-18-14)19-7-5-13(6-8-19)17-10-12-1-2-12/h3-4,11-13,17H,1-2,5-8,10H2. The molecule has 0 bridgehead atoms. The maximum atomic E-state index is 8.75. The van der Waals surface area contributed by atoms with Crippen LogP contribution in [0.25, 0.3) is 0 Å². The van der Waals surface area contributed by atoms with Gasteiger partial charge in [0.15, 0.2) is 0 Å². The molecule has 0 unspecified atom stereocenters. The molecule has 100 valence electrons. The zero-order chi connectivity index (χ0) is 13.1. The van der Waals surface area contributed by atoms with E-state index in [2.05, 4.69) is 21.3 Å². The minimum absolute atomic E-state index is 0.490. The van der Waals surface area contributed by atoms with Gasteiger partial charge in [-0.1, -0.05) is 0 Å². The SMILES string of the molecule is N#Cc1ccc(N2CCC(NCC3CC3)CC2)cn1. The van der Waals surface area contributed by atoms with Crippen molar-refractivity contribution in [1.29, 1.82) is 5.26 Å². The number of pyridine rings is 1. The first-order valence-corrected chi connectivity index (χ1v) is 7.19. The fourth-order valence-corrected chi connectivity index (χ4v) is 2.64. The lowest BCUT2D eigenvalue weighted by Gasteiger charge is -2.33. The van der Waals surface area contributed by atoms with E-state index >= 15 is 0 Å². The number of nitrogens with one attached hydrogen (secondary N) is 1. The second-order valence-corrected chi connectivity index (χ2v) is 5.63. The van der Waals surface area contributed by atoms with Crippen molar-refractivity contribution in [2.45, 2.75) is 31.7 Å². The van der Waals surface area contributed by atoms with E-state index in [-0.39, 0.29) is 0 Å². The van der Waals surface area contributed by atoms with Crippen molar-refractivity contribution in [2.24, 2.45) is 5.92 Å². The number of nitriles is 1. The number of piperidine rings is 1. The summed E-state index contributed by atoms with van der Waals surface area (Å²) in [5, 5.41) is 12.4. The summed E-state index contributed by atoms with van der Waals surface area (Å²) in [4.78, 5) is 6.51. The highest BCUT2D eigenvalue weighted by Gasteiger charge is 2.24. The Morgan fingerprint density at radius 2 is 2.05 bits per heavy atom. The van der Waals surface area contributed by atoms with Crippen LogP contribution in [0.2, 0.25) is 0 Å². The Balaban J connectivity index is 1.49. The van der Waals surface area contributed by atoms with Crippen LogP contribution in [0.3, 0.4) is 0 Å². The largest absolute Gasteiger partial charge is 0.370 e. The Morgan fingerprint density at radius 1 is 1.26 bits per heavy atom. The van der Waals surface area contributed by atoms with Crippen LogP contribution in [-0.4, -0.2) is 30.7 Å². The summed E-state index contributed by atoms with van der Waals surface area (Å²) in [5.74, 6) is 0.959. The molecule has 4 nitrogen and oxygen atoms in total. The van der Waals surface area contributed by atoms with E-state index in [1.165, 1.54) is 32.2 Å². The summed E-state index contributed by atoms with van der Waals surface area (Å²) < 4.78 is 0. The maximum absolute atomic E-state index is 8.75. The molecule has 1 aromatic heterocycles. The topological polar surface area (TPSA) is 52.0 Å². The highest BCUT2D eigenvalue weighted by molar-refractivity contribution is 5.46. The third kappa shape index (κ3) is 3.24. The molecular weight excluding hydrogens is 236 g/mol. The molecule has 4 heteroatoms. The van der Waals surface area contributed by atoms with Crippen LogP contribution in [0.1, 0.15) is 31.4 Å². The van der Waals surface area contributed by atoms with Gasteiger partial charge in [0.05, 0.1) is 11.9 Å². The Morgan fingerprint density at radius 3 is 2.63 bits per heavy atom. The van der Waals surface area contributed by atoms with E-state index in [1.54, 1.807) is 6.07 Å². The first-order chi connectivity index (χ1) is 9.35. The van der Waals surface area contributed by atoms with E-state index in [1.807, 2.05) is 12.3 Å². The quantitative estimate of drug-likeness (QED) is 0.894. The lowest BCUT2D eigenvalue weighted by atomic mass is 10.0. The van der Waals surface area contributed by atoms with Gasteiger partial charge in [0, 0.05) is 19.1 Å². The van der Waals surface area contributed by atoms with Crippen molar-refractivity contribution in [2.75, 3.05) is 24.5 Å². The Kier molecular flexibility index (Phi) is 3.65. The molecule has 1 aromatic rings. The van der Waals surface area contributed by atoms with Crippen molar-refractivity contribution >= 4 is 5.69 Å². The Labute approximate surface area is 114 Å². The summed E-state index contributed by atoms with van der Waals surface area (Å²) in [7, 11) is 0. The van der Waals surface area contributed by atoms with Crippen LogP contribution in [0.5, 0.6) is 0 Å². The average molecular weight is 256 g/mol. The number of aromatic nitrogens is 1. The van der Waals surface area contributed by atoms with Gasteiger partial charge in [-0.2, -0.15) is 5.26 Å². The summed E-state index contributed by atoms with van der Waals surface area (Å²) in [6.07, 6.45) is 7.06. The van der Waals surface area contributed by atoms with Crippen molar-refractivity contribution in [3.8, 4) is 6.07 Å². The van der Waals surface area contributed by atoms with Gasteiger partial charge in [-0.15, -0.1) is 0 Å². The molecule has 0 aromatic carbocycles. The zero-order valence-corrected chi connectivity index (χ0v) is 11.2. The highest BCUT2D eigenvalue weighted by Crippen LogP contribution is 2.28. The minimum Gasteiger partial charge on any atom is -0.370 e. The molecular formula is C15H20N4. The molecule has 1 aliphatic heterocycles. The number of hydrogen-bond acceptors (Lipinski definition) is 4. The molecule has 0 amide bonds. The van der Waals surface area contributed by atoms with Crippen LogP contribution in [-0.2, 0) is 0 Å². The molecule has 0 radical (unpaired) electrons. The molecule has 0 atom stereocenters. The van der Waals surface area contributed by atoms with Gasteiger partial charge in [0.1, 0.15) is 11.8 Å². The van der Waals surface area contributed by atoms with Gasteiger partial charge >= 0.3 is 0 Å². The lowest BCUT2D eigenvalue weighted by molar-refractivity contribution is 0.409. The van der Waals surface area contributed by atoms with Crippen molar-refractivity contribution in [3.05, 3.63) is 24.0 Å². The number of anilines is 1. The summed E-state index contributed by atoms with van der Waals surface area (Å²) >= 11 is 0. The molecule has 1 aliphatic carbocycles. The maximum Gasteiger partial charge on any atom is 0.140 e. The van der Waals surface area contributed by atoms with Gasteiger partial charge in [0.2, 0.25) is 0 Å². The molecule has 1 saturated heterocycles. The Bertz CT molecular complexity index is 450. The minimum atomic E-state index is 0.490. The van der Waals surface area contributed by atoms with E-state index in [0.29, 0.717) is 11.7 Å². The zero-order valence-electron chi connectivity index (χ0n) is 11.2. The number of hydrogen-bond donors (Lipinski definition) is 1. The highest BCUT2D eigenvalue weighted by atomic mass is 15.2. The van der Waals surface area contributed by atoms with Gasteiger partial charge in [-0.25, -0.2) is 4.98 Å². The third-order valence-corrected chi connectivity index (χ3v) is 4.11. The molecule has 1 saturated carbocycles. The predicted octanol–water partition coefficient (Wildman–Crippen LogP) is 1.92. The monoisotopic (exact) mass is 256 g/mol. The van der Waals surface area contributed by atoms with Crippen molar-refractivity contribution < 1.29 is 0 Å². The third-order valence-electron chi connectivity index (χ3n) is 4.11. The van der Waals surface area contributed by atoms with E-state index in [0.717, 1.165) is 24.7 Å². The summed E-state index contributed by atoms with van der Waals surface area (Å²) in [5.41, 5.74) is 1.63. The molecule has 2 heterocycles. The lowest BCUT2D eigenvalue weighted by Crippen LogP contribution is -2.43. The second-order valence-electron chi connectivity index (χ2n) is 5.63. The average Bonchev–Trinajstić information content (AvgIpc) is 3.30. The molecule has 2 fully saturated rings. The number of rotatable bonds is 4. The van der Waals surface area contributed by atoms with Crippen LogP contribution < -0.4 is 10.2 Å². The molecule has 2 aliphatic rings. The molecule has 3 rings (SSSR count). The first-order valence-electron chi connectivity index (χ1n) is 7.19. The van der Waals surface area contributed by atoms with Gasteiger partial charge < -0.3 is 10.2 Å². The number of nitrogens with zero attached hydrogens (tertiary/aromatic N) is 3. The van der Waals surface area contributed by atoms with Gasteiger partial charge in [-0.05, 0) is 50.3 Å². The van der Waals surface area contributed by atoms with Gasteiger partial charge in [-0.3, -0.25) is 0 Å². The summed E-state index contributed by atoms with van der Waals surface area (Å²) in [6, 6.07) is 6.54. The fraction of sp³-hybridized carbons (Fsp3) is 0.600. The first kappa shape index (κ1) is 12.4. The van der Waals surface area contributed by atoms with Crippen LogP contribution in [0.4, 0.5) is 5.69 Å². The fourth-order valence-electron chi connectivity index (χ4n) is 2.64. The molecule has 19 heavy (non-hydrogen) atoms. The van der Waals surface area contributed by atoms with E-state index in [4.69, 9.17) is 5.26 Å². The predicted molar refractivity (Wildman–Crippen MR) is 74.9 cm³/mol. The molecule has 1 N–H and O–H groups in total. The van der Waals surface area contributed by atoms with E-state index < -0.39 is 0 Å². The van der Waals surface area contributed by atoms with Crippen molar-refractivity contribution in [1.82, 2.24) is 10.3 Å². The second kappa shape index (κ2) is 5.58. The smallest absolute Gasteiger partial charge is 0.140 e. The van der Waals surface area contributed by atoms with Crippen LogP contribution in [0.15, 0.2) is 18.3 Å². The van der Waals surface area contributed by atoms with Crippen LogP contribution in [0, 0.1) is 17.2 Å². The van der Waals surface area contributed by atoms with Crippen molar-refractivity contribution in [3.63, 3.8) is 0 Å². The van der Waals surface area contributed by atoms with Gasteiger partial charge in [0.25, 0.3) is 0 Å². The normalized spacial score (nSPS) is 20.3.